The van der Waals surface area contributed by atoms with E-state index in [9.17, 15) is 13.2 Å². The summed E-state index contributed by atoms with van der Waals surface area (Å²) < 4.78 is 37.6. The lowest BCUT2D eigenvalue weighted by atomic mass is 9.96. The van der Waals surface area contributed by atoms with Crippen molar-refractivity contribution in [2.75, 3.05) is 0 Å². The summed E-state index contributed by atoms with van der Waals surface area (Å²) in [4.78, 5) is 0. The van der Waals surface area contributed by atoms with Gasteiger partial charge in [0.05, 0.1) is 5.57 Å². The number of allylic oxidation sites excluding steroid dienone is 2. The average molecular weight is 213 g/mol. The number of halogens is 3. The van der Waals surface area contributed by atoms with Crippen molar-refractivity contribution in [3.63, 3.8) is 0 Å². The Morgan fingerprint density at radius 2 is 2.00 bits per heavy atom. The fourth-order valence-electron chi connectivity index (χ4n) is 1.25. The quantitative estimate of drug-likeness (QED) is 0.566. The number of rotatable bonds is 3. The molecule has 15 heavy (non-hydrogen) atoms. The van der Waals surface area contributed by atoms with Gasteiger partial charge in [-0.2, -0.15) is 13.2 Å². The van der Waals surface area contributed by atoms with Crippen molar-refractivity contribution in [2.24, 2.45) is 5.73 Å². The zero-order valence-corrected chi connectivity index (χ0v) is 7.93. The summed E-state index contributed by atoms with van der Waals surface area (Å²) in [5.41, 5.74) is 9.62. The molecule has 0 aromatic carbocycles. The number of nitrogens with two attached hydrogens (primary N) is 1. The number of hydrogen-bond donors (Lipinski definition) is 1. The summed E-state index contributed by atoms with van der Waals surface area (Å²) >= 11 is 0. The molecule has 4 heteroatoms. The molecule has 0 heterocycles. The predicted molar refractivity (Wildman–Crippen MR) is 52.0 cm³/mol. The van der Waals surface area contributed by atoms with E-state index in [1.54, 1.807) is 0 Å². The van der Waals surface area contributed by atoms with Crippen LogP contribution in [0.5, 0.6) is 0 Å². The molecule has 2 N–H and O–H groups in total. The fourth-order valence-corrected chi connectivity index (χ4v) is 1.25. The predicted octanol–water partition coefficient (Wildman–Crippen LogP) is 2.63. The van der Waals surface area contributed by atoms with E-state index in [-0.39, 0.29) is 5.57 Å². The molecule has 1 atom stereocenters. The van der Waals surface area contributed by atoms with E-state index in [4.69, 9.17) is 5.73 Å². The van der Waals surface area contributed by atoms with E-state index in [1.807, 2.05) is 0 Å². The van der Waals surface area contributed by atoms with Gasteiger partial charge in [-0.25, -0.2) is 0 Å². The number of hydrogen-bond acceptors (Lipinski definition) is 1. The lowest BCUT2D eigenvalue weighted by Gasteiger charge is -2.17. The zero-order chi connectivity index (χ0) is 11.5. The van der Waals surface area contributed by atoms with Gasteiger partial charge in [-0.05, 0) is 18.1 Å². The zero-order valence-electron chi connectivity index (χ0n) is 7.93. The van der Waals surface area contributed by atoms with Gasteiger partial charge < -0.3 is 5.73 Å². The Labute approximate surface area is 85.8 Å². The molecule has 0 spiro atoms. The van der Waals surface area contributed by atoms with Crippen molar-refractivity contribution in [3.8, 4) is 0 Å². The Bertz CT molecular complexity index is 389. The van der Waals surface area contributed by atoms with Crippen LogP contribution < -0.4 is 5.73 Å². The van der Waals surface area contributed by atoms with E-state index >= 15 is 0 Å². The highest BCUT2D eigenvalue weighted by Crippen LogP contribution is 2.31. The summed E-state index contributed by atoms with van der Waals surface area (Å²) in [5, 5.41) is 0. The Morgan fingerprint density at radius 3 is 2.53 bits per heavy atom. The topological polar surface area (TPSA) is 26.0 Å². The van der Waals surface area contributed by atoms with Crippen LogP contribution in [-0.4, -0.2) is 12.2 Å². The Kier molecular flexibility index (Phi) is 3.38. The summed E-state index contributed by atoms with van der Waals surface area (Å²) in [6.07, 6.45) is -0.544. The molecule has 0 aromatic rings. The van der Waals surface area contributed by atoms with Crippen LogP contribution in [0.2, 0.25) is 0 Å². The standard InChI is InChI=1S/C11H10F3N/c1-2-5-10(15)8-6-3-4-7-9(8)11(12,13)14/h2,6-7,10H,1,5,15H2. The highest BCUT2D eigenvalue weighted by molar-refractivity contribution is 5.42. The van der Waals surface area contributed by atoms with E-state index in [2.05, 4.69) is 18.0 Å². The van der Waals surface area contributed by atoms with Crippen LogP contribution in [0.15, 0.2) is 47.4 Å². The van der Waals surface area contributed by atoms with Crippen LogP contribution in [0, 0.1) is 0 Å². The molecule has 0 saturated heterocycles. The minimum absolute atomic E-state index is 0.0288. The first-order valence-electron chi connectivity index (χ1n) is 4.32. The minimum Gasteiger partial charge on any atom is -0.324 e. The molecule has 0 aromatic heterocycles. The number of alkyl halides is 3. The van der Waals surface area contributed by atoms with Crippen LogP contribution in [0.1, 0.15) is 6.42 Å². The molecule has 0 amide bonds. The molecule has 0 radical (unpaired) electrons. The van der Waals surface area contributed by atoms with Crippen LogP contribution >= 0.6 is 0 Å². The van der Waals surface area contributed by atoms with Gasteiger partial charge in [-0.15, -0.1) is 6.58 Å². The van der Waals surface area contributed by atoms with Crippen LogP contribution in [-0.2, 0) is 0 Å². The third kappa shape index (κ3) is 2.74. The van der Waals surface area contributed by atoms with E-state index in [0.29, 0.717) is 6.42 Å². The maximum atomic E-state index is 12.5. The van der Waals surface area contributed by atoms with Gasteiger partial charge in [0.1, 0.15) is 0 Å². The van der Waals surface area contributed by atoms with E-state index < -0.39 is 17.8 Å². The van der Waals surface area contributed by atoms with Crippen molar-refractivity contribution < 1.29 is 13.2 Å². The summed E-state index contributed by atoms with van der Waals surface area (Å²) in [6.45, 7) is 3.44. The first kappa shape index (κ1) is 11.6. The Hall–Kier alpha value is -1.47. The van der Waals surface area contributed by atoms with Gasteiger partial charge >= 0.3 is 6.18 Å². The fraction of sp³-hybridized carbons (Fsp3) is 0.273. The van der Waals surface area contributed by atoms with Crippen LogP contribution in [0.4, 0.5) is 13.2 Å². The lowest BCUT2D eigenvalue weighted by Crippen LogP contribution is -2.26. The molecule has 0 fully saturated rings. The van der Waals surface area contributed by atoms with Gasteiger partial charge in [-0.3, -0.25) is 0 Å². The lowest BCUT2D eigenvalue weighted by molar-refractivity contribution is -0.0890. The summed E-state index contributed by atoms with van der Waals surface area (Å²) in [5.74, 6) is 0. The maximum absolute atomic E-state index is 12.5. The molecule has 1 nitrogen and oxygen atoms in total. The molecule has 80 valence electrons. The SMILES string of the molecule is C=CCC(N)C1=C(C(F)(F)F)C=C=C=C1. The molecule has 0 saturated carbocycles. The molecule has 1 unspecified atom stereocenters. The molecule has 1 rings (SSSR count). The van der Waals surface area contributed by atoms with Crippen molar-refractivity contribution >= 4 is 0 Å². The smallest absolute Gasteiger partial charge is 0.324 e. The largest absolute Gasteiger partial charge is 0.417 e. The second kappa shape index (κ2) is 4.37. The van der Waals surface area contributed by atoms with Crippen LogP contribution in [0.25, 0.3) is 0 Å². The van der Waals surface area contributed by atoms with Crippen molar-refractivity contribution in [1.82, 2.24) is 0 Å². The Morgan fingerprint density at radius 1 is 1.40 bits per heavy atom. The van der Waals surface area contributed by atoms with Crippen molar-refractivity contribution in [2.45, 2.75) is 18.6 Å². The minimum atomic E-state index is -4.40. The van der Waals surface area contributed by atoms with Gasteiger partial charge in [0.15, 0.2) is 0 Å². The molecule has 0 aliphatic heterocycles. The highest BCUT2D eigenvalue weighted by Gasteiger charge is 2.35. The highest BCUT2D eigenvalue weighted by atomic mass is 19.4. The van der Waals surface area contributed by atoms with Crippen molar-refractivity contribution in [1.29, 1.82) is 0 Å². The molecule has 1 aliphatic rings. The van der Waals surface area contributed by atoms with Crippen LogP contribution in [0.3, 0.4) is 0 Å². The second-order valence-electron chi connectivity index (χ2n) is 3.07. The third-order valence-electron chi connectivity index (χ3n) is 1.96. The van der Waals surface area contributed by atoms with Gasteiger partial charge in [-0.1, -0.05) is 17.5 Å². The molecule has 0 bridgehead atoms. The summed E-state index contributed by atoms with van der Waals surface area (Å²) in [6, 6.07) is -0.704. The molecule has 1 aliphatic carbocycles. The Balaban J connectivity index is 3.11. The second-order valence-corrected chi connectivity index (χ2v) is 3.07. The average Bonchev–Trinajstić information content (AvgIpc) is 2.17. The van der Waals surface area contributed by atoms with Gasteiger partial charge in [0.25, 0.3) is 0 Å². The maximum Gasteiger partial charge on any atom is 0.417 e. The van der Waals surface area contributed by atoms with Crippen molar-refractivity contribution in [3.05, 3.63) is 47.4 Å². The third-order valence-corrected chi connectivity index (χ3v) is 1.96. The normalized spacial score (nSPS) is 17.1. The summed E-state index contributed by atoms with van der Waals surface area (Å²) in [7, 11) is 0. The van der Waals surface area contributed by atoms with E-state index in [1.165, 1.54) is 12.2 Å². The first-order chi connectivity index (χ1) is 6.96. The monoisotopic (exact) mass is 213 g/mol. The van der Waals surface area contributed by atoms with Gasteiger partial charge in [0, 0.05) is 12.1 Å². The van der Waals surface area contributed by atoms with Gasteiger partial charge in [0.2, 0.25) is 0 Å². The first-order valence-corrected chi connectivity index (χ1v) is 4.32. The molecular formula is C11H10F3N. The van der Waals surface area contributed by atoms with E-state index in [0.717, 1.165) is 6.08 Å². The molecular weight excluding hydrogens is 203 g/mol.